The lowest BCUT2D eigenvalue weighted by Gasteiger charge is -2.19. The quantitative estimate of drug-likeness (QED) is 0.892. The molecule has 0 spiro atoms. The molecule has 1 fully saturated rings. The molecule has 2 N–H and O–H groups in total. The minimum Gasteiger partial charge on any atom is -0.481 e. The number of hydrogen-bond donors (Lipinski definition) is 2. The highest BCUT2D eigenvalue weighted by molar-refractivity contribution is 7.11. The molecule has 2 heterocycles. The van der Waals surface area contributed by atoms with E-state index in [0.29, 0.717) is 6.54 Å². The van der Waals surface area contributed by atoms with E-state index in [1.54, 1.807) is 22.4 Å². The number of aliphatic carboxylic acids is 1. The predicted octanol–water partition coefficient (Wildman–Crippen LogP) is 1.87. The van der Waals surface area contributed by atoms with Gasteiger partial charge in [0, 0.05) is 24.2 Å². The van der Waals surface area contributed by atoms with Crippen molar-refractivity contribution in [1.82, 2.24) is 15.2 Å². The van der Waals surface area contributed by atoms with E-state index in [0.717, 1.165) is 9.88 Å². The molecule has 1 aromatic heterocycles. The Balaban J connectivity index is 1.94. The van der Waals surface area contributed by atoms with Gasteiger partial charge >= 0.3 is 12.0 Å². The maximum atomic E-state index is 12.1. The number of carboxylic acid groups (broad SMARTS) is 1. The lowest BCUT2D eigenvalue weighted by atomic mass is 9.99. The van der Waals surface area contributed by atoms with E-state index >= 15 is 0 Å². The fraction of sp³-hybridized carbons (Fsp3) is 0.615. The summed E-state index contributed by atoms with van der Waals surface area (Å²) in [6.07, 6.45) is 1.78. The first-order chi connectivity index (χ1) is 9.38. The summed E-state index contributed by atoms with van der Waals surface area (Å²) in [5.74, 6) is -1.33. The largest absolute Gasteiger partial charge is 0.481 e. The Morgan fingerprint density at radius 1 is 1.55 bits per heavy atom. The highest BCUT2D eigenvalue weighted by Crippen LogP contribution is 2.24. The lowest BCUT2D eigenvalue weighted by Crippen LogP contribution is -2.40. The lowest BCUT2D eigenvalue weighted by molar-refractivity contribution is -0.142. The molecular weight excluding hydrogens is 278 g/mol. The van der Waals surface area contributed by atoms with Crippen LogP contribution in [-0.2, 0) is 4.79 Å². The minimum atomic E-state index is -0.837. The van der Waals surface area contributed by atoms with Crippen LogP contribution in [-0.4, -0.2) is 40.1 Å². The van der Waals surface area contributed by atoms with Gasteiger partial charge in [0.2, 0.25) is 0 Å². The molecule has 1 aromatic rings. The van der Waals surface area contributed by atoms with E-state index in [1.807, 2.05) is 20.8 Å². The molecule has 0 bridgehead atoms. The number of urea groups is 1. The number of likely N-dealkylation sites (tertiary alicyclic amines) is 1. The van der Waals surface area contributed by atoms with Gasteiger partial charge in [0.15, 0.2) is 0 Å². The Bertz CT molecular complexity index is 517. The smallest absolute Gasteiger partial charge is 0.317 e. The zero-order valence-corrected chi connectivity index (χ0v) is 12.6. The summed E-state index contributed by atoms with van der Waals surface area (Å²) in [5, 5.41) is 12.8. The number of aromatic nitrogens is 1. The van der Waals surface area contributed by atoms with Crippen molar-refractivity contribution in [2.75, 3.05) is 13.1 Å². The second-order valence-electron chi connectivity index (χ2n) is 5.31. The first-order valence-corrected chi connectivity index (χ1v) is 7.40. The molecule has 6 nitrogen and oxygen atoms in total. The molecule has 7 heteroatoms. The van der Waals surface area contributed by atoms with Crippen molar-refractivity contribution in [2.24, 2.45) is 11.8 Å². The van der Waals surface area contributed by atoms with Gasteiger partial charge < -0.3 is 15.3 Å². The average molecular weight is 297 g/mol. The van der Waals surface area contributed by atoms with Crippen LogP contribution in [0.15, 0.2) is 6.20 Å². The summed E-state index contributed by atoms with van der Waals surface area (Å²) < 4.78 is 0. The molecule has 20 heavy (non-hydrogen) atoms. The first kappa shape index (κ1) is 14.8. The van der Waals surface area contributed by atoms with E-state index in [-0.39, 0.29) is 24.5 Å². The third-order valence-electron chi connectivity index (χ3n) is 3.57. The van der Waals surface area contributed by atoms with E-state index in [1.165, 1.54) is 0 Å². The zero-order valence-electron chi connectivity index (χ0n) is 11.8. The summed E-state index contributed by atoms with van der Waals surface area (Å²) in [5.41, 5.74) is 0. The summed E-state index contributed by atoms with van der Waals surface area (Å²) in [6.45, 7) is 6.46. The van der Waals surface area contributed by atoms with Crippen LogP contribution in [0, 0.1) is 18.8 Å². The SMILES string of the molecule is Cc1cnc(C(C)NC(=O)N2CC(C)C(C(=O)O)C2)s1. The van der Waals surface area contributed by atoms with Crippen molar-refractivity contribution < 1.29 is 14.7 Å². The second-order valence-corrected chi connectivity index (χ2v) is 6.57. The number of amides is 2. The van der Waals surface area contributed by atoms with Gasteiger partial charge in [-0.25, -0.2) is 9.78 Å². The Hall–Kier alpha value is -1.63. The highest BCUT2D eigenvalue weighted by Gasteiger charge is 2.37. The molecule has 2 amide bonds. The van der Waals surface area contributed by atoms with Crippen molar-refractivity contribution in [3.05, 3.63) is 16.1 Å². The summed E-state index contributed by atoms with van der Waals surface area (Å²) >= 11 is 1.55. The number of carboxylic acids is 1. The summed E-state index contributed by atoms with van der Waals surface area (Å²) in [6, 6.07) is -0.388. The van der Waals surface area contributed by atoms with Crippen LogP contribution in [0.2, 0.25) is 0 Å². The number of nitrogens with one attached hydrogen (secondary N) is 1. The third kappa shape index (κ3) is 3.09. The zero-order chi connectivity index (χ0) is 14.9. The highest BCUT2D eigenvalue weighted by atomic mass is 32.1. The van der Waals surface area contributed by atoms with Crippen molar-refractivity contribution in [3.63, 3.8) is 0 Å². The number of aryl methyl sites for hydroxylation is 1. The van der Waals surface area contributed by atoms with Crippen LogP contribution in [0.1, 0.15) is 29.8 Å². The van der Waals surface area contributed by atoms with Gasteiger partial charge in [-0.05, 0) is 19.8 Å². The van der Waals surface area contributed by atoms with Gasteiger partial charge in [-0.1, -0.05) is 6.92 Å². The molecule has 110 valence electrons. The van der Waals surface area contributed by atoms with Crippen LogP contribution in [0.4, 0.5) is 4.79 Å². The van der Waals surface area contributed by atoms with Gasteiger partial charge in [-0.15, -0.1) is 11.3 Å². The van der Waals surface area contributed by atoms with E-state index in [4.69, 9.17) is 5.11 Å². The first-order valence-electron chi connectivity index (χ1n) is 6.59. The minimum absolute atomic E-state index is 0.0179. The van der Waals surface area contributed by atoms with Gasteiger partial charge in [0.25, 0.3) is 0 Å². The topological polar surface area (TPSA) is 82.5 Å². The van der Waals surface area contributed by atoms with E-state index < -0.39 is 11.9 Å². The fourth-order valence-corrected chi connectivity index (χ4v) is 3.14. The molecular formula is C13H19N3O3S. The molecule has 1 aliphatic heterocycles. The second kappa shape index (κ2) is 5.78. The number of carbonyl (C=O) groups is 2. The maximum absolute atomic E-state index is 12.1. The Labute approximate surface area is 121 Å². The average Bonchev–Trinajstić information content (AvgIpc) is 2.95. The summed E-state index contributed by atoms with van der Waals surface area (Å²) in [4.78, 5) is 30.1. The van der Waals surface area contributed by atoms with Gasteiger partial charge in [-0.3, -0.25) is 4.79 Å². The van der Waals surface area contributed by atoms with Gasteiger partial charge in [0.1, 0.15) is 5.01 Å². The molecule has 2 rings (SSSR count). The van der Waals surface area contributed by atoms with Crippen LogP contribution in [0.5, 0.6) is 0 Å². The van der Waals surface area contributed by atoms with Crippen molar-refractivity contribution in [1.29, 1.82) is 0 Å². The monoisotopic (exact) mass is 297 g/mol. The molecule has 3 unspecified atom stereocenters. The standard InChI is InChI=1S/C13H19N3O3S/c1-7-5-16(6-10(7)12(17)18)13(19)15-9(3)11-14-4-8(2)20-11/h4,7,9-10H,5-6H2,1-3H3,(H,15,19)(H,17,18). The molecule has 0 aliphatic carbocycles. The van der Waals surface area contributed by atoms with Crippen molar-refractivity contribution in [3.8, 4) is 0 Å². The van der Waals surface area contributed by atoms with Crippen LogP contribution < -0.4 is 5.32 Å². The Morgan fingerprint density at radius 3 is 2.75 bits per heavy atom. The number of nitrogens with zero attached hydrogens (tertiary/aromatic N) is 2. The molecule has 1 aliphatic rings. The summed E-state index contributed by atoms with van der Waals surface area (Å²) in [7, 11) is 0. The molecule has 0 aromatic carbocycles. The van der Waals surface area contributed by atoms with Gasteiger partial charge in [0.05, 0.1) is 12.0 Å². The number of hydrogen-bond acceptors (Lipinski definition) is 4. The van der Waals surface area contributed by atoms with Gasteiger partial charge in [-0.2, -0.15) is 0 Å². The van der Waals surface area contributed by atoms with Crippen molar-refractivity contribution in [2.45, 2.75) is 26.8 Å². The van der Waals surface area contributed by atoms with Crippen LogP contribution >= 0.6 is 11.3 Å². The number of carbonyl (C=O) groups excluding carboxylic acids is 1. The van der Waals surface area contributed by atoms with Crippen molar-refractivity contribution >= 4 is 23.3 Å². The molecule has 0 radical (unpaired) electrons. The van der Waals surface area contributed by atoms with E-state index in [2.05, 4.69) is 10.3 Å². The fourth-order valence-electron chi connectivity index (χ4n) is 2.36. The van der Waals surface area contributed by atoms with Crippen LogP contribution in [0.25, 0.3) is 0 Å². The molecule has 1 saturated heterocycles. The maximum Gasteiger partial charge on any atom is 0.317 e. The molecule has 3 atom stereocenters. The number of rotatable bonds is 3. The Morgan fingerprint density at radius 2 is 2.25 bits per heavy atom. The predicted molar refractivity (Wildman–Crippen MR) is 75.7 cm³/mol. The normalized spacial score (nSPS) is 23.6. The third-order valence-corrected chi connectivity index (χ3v) is 4.66. The number of thiazole rings is 1. The Kier molecular flexibility index (Phi) is 4.27. The van der Waals surface area contributed by atoms with E-state index in [9.17, 15) is 9.59 Å². The van der Waals surface area contributed by atoms with Crippen LogP contribution in [0.3, 0.4) is 0 Å². The molecule has 0 saturated carbocycles.